The minimum absolute atomic E-state index is 0.613. The minimum atomic E-state index is 0.613. The van der Waals surface area contributed by atoms with Gasteiger partial charge in [0.25, 0.3) is 0 Å². The highest BCUT2D eigenvalue weighted by atomic mass is 14.4. The first kappa shape index (κ1) is 28.2. The average Bonchev–Trinajstić information content (AvgIpc) is 2.72. The molecule has 0 saturated carbocycles. The van der Waals surface area contributed by atoms with E-state index in [0.717, 1.165) is 11.8 Å². The third kappa shape index (κ3) is 9.80. The van der Waals surface area contributed by atoms with Gasteiger partial charge in [0, 0.05) is 0 Å². The highest BCUT2D eigenvalue weighted by Gasteiger charge is 2.34. The number of hydrogen-bond acceptors (Lipinski definition) is 0. The molecule has 0 unspecified atom stereocenters. The molecule has 0 aromatic rings. The van der Waals surface area contributed by atoms with Crippen LogP contribution in [0.3, 0.4) is 0 Å². The van der Waals surface area contributed by atoms with Crippen molar-refractivity contribution in [1.82, 2.24) is 0 Å². The van der Waals surface area contributed by atoms with E-state index in [1.807, 2.05) is 0 Å². The summed E-state index contributed by atoms with van der Waals surface area (Å²) in [7, 11) is 0. The Balaban J connectivity index is 0. The Bertz CT molecular complexity index is 230. The first-order valence-electron chi connectivity index (χ1n) is 12.3. The van der Waals surface area contributed by atoms with Crippen LogP contribution in [0.4, 0.5) is 0 Å². The average molecular weight is 369 g/mol. The molecule has 0 nitrogen and oxygen atoms in total. The van der Waals surface area contributed by atoms with Gasteiger partial charge in [-0.15, -0.1) is 0 Å². The van der Waals surface area contributed by atoms with Crippen molar-refractivity contribution in [1.29, 1.82) is 0 Å². The summed E-state index contributed by atoms with van der Waals surface area (Å²) in [6.45, 7) is 23.5. The Morgan fingerprint density at radius 3 is 0.808 bits per heavy atom. The molecule has 26 heavy (non-hydrogen) atoms. The predicted octanol–water partition coefficient (Wildman–Crippen LogP) is 10.1. The molecule has 0 rings (SSSR count). The predicted molar refractivity (Wildman–Crippen MR) is 124 cm³/mol. The molecular weight excluding hydrogens is 312 g/mol. The van der Waals surface area contributed by atoms with Crippen molar-refractivity contribution in [2.75, 3.05) is 0 Å². The van der Waals surface area contributed by atoms with Crippen molar-refractivity contribution >= 4 is 0 Å². The molecule has 0 heteroatoms. The van der Waals surface area contributed by atoms with Crippen LogP contribution in [0, 0.1) is 22.7 Å². The highest BCUT2D eigenvalue weighted by molar-refractivity contribution is 4.86. The fourth-order valence-corrected chi connectivity index (χ4v) is 4.76. The van der Waals surface area contributed by atoms with E-state index in [4.69, 9.17) is 0 Å². The van der Waals surface area contributed by atoms with Crippen LogP contribution in [-0.2, 0) is 0 Å². The number of rotatable bonds is 14. The monoisotopic (exact) mass is 368 g/mol. The first-order chi connectivity index (χ1) is 12.3. The Kier molecular flexibility index (Phi) is 17.4. The van der Waals surface area contributed by atoms with Gasteiger partial charge in [0.1, 0.15) is 0 Å². The fourth-order valence-electron chi connectivity index (χ4n) is 4.76. The molecule has 0 aliphatic carbocycles. The van der Waals surface area contributed by atoms with Crippen LogP contribution in [0.25, 0.3) is 0 Å². The van der Waals surface area contributed by atoms with Gasteiger partial charge in [-0.05, 0) is 35.5 Å². The van der Waals surface area contributed by atoms with Crippen molar-refractivity contribution in [2.24, 2.45) is 22.7 Å². The van der Waals surface area contributed by atoms with E-state index >= 15 is 0 Å². The van der Waals surface area contributed by atoms with Crippen molar-refractivity contribution in [3.63, 3.8) is 0 Å². The molecule has 0 saturated heterocycles. The lowest BCUT2D eigenvalue weighted by molar-refractivity contribution is 0.0973. The summed E-state index contributed by atoms with van der Waals surface area (Å²) >= 11 is 0. The normalized spacial score (nSPS) is 12.5. The second-order valence-corrected chi connectivity index (χ2v) is 8.90. The zero-order valence-electron chi connectivity index (χ0n) is 20.6. The maximum atomic E-state index is 2.37. The van der Waals surface area contributed by atoms with Gasteiger partial charge < -0.3 is 0 Å². The summed E-state index contributed by atoms with van der Waals surface area (Å²) in [5.74, 6) is 1.97. The van der Waals surface area contributed by atoms with E-state index in [1.54, 1.807) is 0 Å². The lowest BCUT2D eigenvalue weighted by Gasteiger charge is -2.42. The highest BCUT2D eigenvalue weighted by Crippen LogP contribution is 2.47. The van der Waals surface area contributed by atoms with Crippen LogP contribution < -0.4 is 0 Å². The standard InChI is InChI=1S/C15H32.C11H24/c1-7-14(8-2,9-3)13-15(10-4,11-5)12-6;1-5-10(6-2)9-11(7-3)8-4/h7-13H2,1-6H3;10-11H,5-9H2,1-4H3. The van der Waals surface area contributed by atoms with E-state index in [9.17, 15) is 0 Å². The summed E-state index contributed by atoms with van der Waals surface area (Å²) < 4.78 is 0. The molecule has 0 atom stereocenters. The lowest BCUT2D eigenvalue weighted by atomic mass is 9.64. The quantitative estimate of drug-likeness (QED) is 0.286. The Labute approximate surface area is 169 Å². The molecular formula is C26H56. The van der Waals surface area contributed by atoms with E-state index in [1.165, 1.54) is 77.0 Å². The van der Waals surface area contributed by atoms with Crippen molar-refractivity contribution in [2.45, 2.75) is 146 Å². The Morgan fingerprint density at radius 2 is 0.654 bits per heavy atom. The van der Waals surface area contributed by atoms with Crippen molar-refractivity contribution in [3.8, 4) is 0 Å². The molecule has 0 N–H and O–H groups in total. The van der Waals surface area contributed by atoms with Gasteiger partial charge in [-0.1, -0.05) is 133 Å². The van der Waals surface area contributed by atoms with Gasteiger partial charge in [0.05, 0.1) is 0 Å². The second-order valence-electron chi connectivity index (χ2n) is 8.90. The Morgan fingerprint density at radius 1 is 0.423 bits per heavy atom. The maximum Gasteiger partial charge on any atom is -0.0300 e. The van der Waals surface area contributed by atoms with E-state index in [-0.39, 0.29) is 0 Å². The molecule has 0 amide bonds. The minimum Gasteiger partial charge on any atom is -0.0651 e. The van der Waals surface area contributed by atoms with Gasteiger partial charge in [-0.25, -0.2) is 0 Å². The van der Waals surface area contributed by atoms with E-state index in [0.29, 0.717) is 10.8 Å². The SMILES string of the molecule is CCC(CC)(CC)CC(CC)(CC)CC.CCC(CC)CC(CC)CC. The van der Waals surface area contributed by atoms with E-state index < -0.39 is 0 Å². The summed E-state index contributed by atoms with van der Waals surface area (Å²) in [6.07, 6.45) is 16.5. The molecule has 0 radical (unpaired) electrons. The van der Waals surface area contributed by atoms with Crippen LogP contribution in [0.2, 0.25) is 0 Å². The molecule has 0 aromatic carbocycles. The topological polar surface area (TPSA) is 0 Å². The smallest absolute Gasteiger partial charge is 0.0300 e. The van der Waals surface area contributed by atoms with Gasteiger partial charge in [-0.2, -0.15) is 0 Å². The Hall–Kier alpha value is 0. The van der Waals surface area contributed by atoms with Crippen LogP contribution in [0.1, 0.15) is 146 Å². The zero-order chi connectivity index (χ0) is 20.6. The van der Waals surface area contributed by atoms with Crippen LogP contribution >= 0.6 is 0 Å². The summed E-state index contributed by atoms with van der Waals surface area (Å²) in [4.78, 5) is 0. The van der Waals surface area contributed by atoms with Crippen molar-refractivity contribution < 1.29 is 0 Å². The lowest BCUT2D eigenvalue weighted by Crippen LogP contribution is -2.30. The van der Waals surface area contributed by atoms with Crippen LogP contribution in [0.15, 0.2) is 0 Å². The third-order valence-electron chi connectivity index (χ3n) is 8.23. The molecule has 0 aromatic heterocycles. The summed E-state index contributed by atoms with van der Waals surface area (Å²) in [5, 5.41) is 0. The summed E-state index contributed by atoms with van der Waals surface area (Å²) in [6, 6.07) is 0. The molecule has 160 valence electrons. The van der Waals surface area contributed by atoms with Crippen LogP contribution in [0.5, 0.6) is 0 Å². The van der Waals surface area contributed by atoms with Gasteiger partial charge in [0.15, 0.2) is 0 Å². The summed E-state index contributed by atoms with van der Waals surface area (Å²) in [5.41, 5.74) is 1.23. The second kappa shape index (κ2) is 16.0. The molecule has 0 spiro atoms. The zero-order valence-corrected chi connectivity index (χ0v) is 20.6. The van der Waals surface area contributed by atoms with Gasteiger partial charge in [0.2, 0.25) is 0 Å². The first-order valence-corrected chi connectivity index (χ1v) is 12.3. The molecule has 0 fully saturated rings. The van der Waals surface area contributed by atoms with E-state index in [2.05, 4.69) is 69.2 Å². The van der Waals surface area contributed by atoms with Gasteiger partial charge in [-0.3, -0.25) is 0 Å². The fraction of sp³-hybridized carbons (Fsp3) is 1.00. The largest absolute Gasteiger partial charge is 0.0651 e. The van der Waals surface area contributed by atoms with Crippen LogP contribution in [-0.4, -0.2) is 0 Å². The number of hydrogen-bond donors (Lipinski definition) is 0. The molecule has 0 heterocycles. The van der Waals surface area contributed by atoms with Gasteiger partial charge >= 0.3 is 0 Å². The molecule has 0 aliphatic rings. The third-order valence-corrected chi connectivity index (χ3v) is 8.23. The van der Waals surface area contributed by atoms with Crippen molar-refractivity contribution in [3.05, 3.63) is 0 Å². The maximum absolute atomic E-state index is 2.37. The molecule has 0 bridgehead atoms. The molecule has 0 aliphatic heterocycles.